The van der Waals surface area contributed by atoms with Gasteiger partial charge in [0.1, 0.15) is 11.5 Å². The maximum atomic E-state index is 13.0. The van der Waals surface area contributed by atoms with Gasteiger partial charge in [0.15, 0.2) is 0 Å². The first-order valence-corrected chi connectivity index (χ1v) is 11.7. The third-order valence-corrected chi connectivity index (χ3v) is 6.71. The van der Waals surface area contributed by atoms with Gasteiger partial charge in [-0.25, -0.2) is 4.79 Å². The Morgan fingerprint density at radius 2 is 1.58 bits per heavy atom. The van der Waals surface area contributed by atoms with Crippen molar-refractivity contribution in [3.05, 3.63) is 58.7 Å². The highest BCUT2D eigenvalue weighted by atomic mass is 16.5. The average Bonchev–Trinajstić information content (AvgIpc) is 2.87. The second-order valence-electron chi connectivity index (χ2n) is 8.75. The van der Waals surface area contributed by atoms with Crippen LogP contribution in [0.5, 0.6) is 11.5 Å². The molecular weight excluding hydrogens is 418 g/mol. The summed E-state index contributed by atoms with van der Waals surface area (Å²) in [6, 6.07) is 11.6. The van der Waals surface area contributed by atoms with Crippen molar-refractivity contribution in [2.24, 2.45) is 0 Å². The maximum Gasteiger partial charge on any atom is 0.317 e. The van der Waals surface area contributed by atoms with Crippen molar-refractivity contribution in [3.8, 4) is 11.5 Å². The Labute approximate surface area is 195 Å². The molecule has 1 aliphatic carbocycles. The first-order chi connectivity index (χ1) is 16.0. The molecule has 0 spiro atoms. The van der Waals surface area contributed by atoms with Crippen LogP contribution in [0.3, 0.4) is 0 Å². The van der Waals surface area contributed by atoms with Gasteiger partial charge in [-0.15, -0.1) is 0 Å². The van der Waals surface area contributed by atoms with Gasteiger partial charge in [0.05, 0.1) is 25.8 Å². The van der Waals surface area contributed by atoms with Crippen LogP contribution in [-0.2, 0) is 12.8 Å². The Kier molecular flexibility index (Phi) is 7.06. The number of carbonyl (C=O) groups excluding carboxylic acids is 2. The first-order valence-electron chi connectivity index (χ1n) is 11.7. The zero-order valence-corrected chi connectivity index (χ0v) is 19.7. The van der Waals surface area contributed by atoms with E-state index in [1.165, 1.54) is 31.1 Å². The topological polar surface area (TPSA) is 71.1 Å². The Morgan fingerprint density at radius 1 is 0.879 bits per heavy atom. The molecule has 1 heterocycles. The second kappa shape index (κ2) is 10.1. The number of nitrogens with zero attached hydrogens (tertiary/aromatic N) is 2. The summed E-state index contributed by atoms with van der Waals surface area (Å²) in [7, 11) is 3.12. The van der Waals surface area contributed by atoms with Gasteiger partial charge in [-0.1, -0.05) is 18.2 Å². The SMILES string of the molecule is COc1ccc(C(=O)N2CCN(C(=O)NC(C)c3ccc4c(c3)CCCC4)CC2)c(OC)c1. The minimum atomic E-state index is -0.100. The van der Waals surface area contributed by atoms with E-state index in [1.54, 1.807) is 35.1 Å². The number of nitrogens with one attached hydrogen (secondary N) is 1. The highest BCUT2D eigenvalue weighted by Crippen LogP contribution is 2.27. The molecule has 4 rings (SSSR count). The molecule has 1 unspecified atom stereocenters. The van der Waals surface area contributed by atoms with Gasteiger partial charge in [0.2, 0.25) is 0 Å². The van der Waals surface area contributed by atoms with Crippen molar-refractivity contribution in [3.63, 3.8) is 0 Å². The zero-order chi connectivity index (χ0) is 23.4. The average molecular weight is 452 g/mol. The Morgan fingerprint density at radius 3 is 2.27 bits per heavy atom. The second-order valence-corrected chi connectivity index (χ2v) is 8.75. The van der Waals surface area contributed by atoms with Gasteiger partial charge in [-0.05, 0) is 61.4 Å². The predicted octanol–water partition coefficient (Wildman–Crippen LogP) is 3.81. The van der Waals surface area contributed by atoms with Crippen molar-refractivity contribution in [1.29, 1.82) is 0 Å². The van der Waals surface area contributed by atoms with Crippen molar-refractivity contribution in [2.45, 2.75) is 38.6 Å². The van der Waals surface area contributed by atoms with Crippen LogP contribution in [0, 0.1) is 0 Å². The fraction of sp³-hybridized carbons (Fsp3) is 0.462. The molecule has 3 amide bonds. The summed E-state index contributed by atoms with van der Waals surface area (Å²) in [4.78, 5) is 29.4. The summed E-state index contributed by atoms with van der Waals surface area (Å²) in [6.45, 7) is 3.97. The molecule has 0 saturated carbocycles. The van der Waals surface area contributed by atoms with Crippen LogP contribution >= 0.6 is 0 Å². The fourth-order valence-corrected chi connectivity index (χ4v) is 4.64. The molecule has 0 bridgehead atoms. The monoisotopic (exact) mass is 451 g/mol. The summed E-state index contributed by atoms with van der Waals surface area (Å²) in [5.41, 5.74) is 4.50. The van der Waals surface area contributed by atoms with E-state index in [-0.39, 0.29) is 18.0 Å². The maximum absolute atomic E-state index is 13.0. The molecule has 7 nitrogen and oxygen atoms in total. The van der Waals surface area contributed by atoms with E-state index in [0.717, 1.165) is 18.4 Å². The van der Waals surface area contributed by atoms with Gasteiger partial charge in [-0.3, -0.25) is 4.79 Å². The molecule has 176 valence electrons. The molecule has 0 radical (unpaired) electrons. The molecule has 1 atom stereocenters. The largest absolute Gasteiger partial charge is 0.497 e. The lowest BCUT2D eigenvalue weighted by atomic mass is 9.89. The Bertz CT molecular complexity index is 1010. The van der Waals surface area contributed by atoms with Crippen molar-refractivity contribution in [2.75, 3.05) is 40.4 Å². The third kappa shape index (κ3) is 5.07. The molecule has 1 saturated heterocycles. The molecule has 7 heteroatoms. The summed E-state index contributed by atoms with van der Waals surface area (Å²) in [5.74, 6) is 1.02. The summed E-state index contributed by atoms with van der Waals surface area (Å²) in [5, 5.41) is 3.13. The number of hydrogen-bond acceptors (Lipinski definition) is 4. The number of ether oxygens (including phenoxy) is 2. The molecule has 2 aliphatic rings. The number of fused-ring (bicyclic) bond motifs is 1. The number of urea groups is 1. The number of amides is 3. The third-order valence-electron chi connectivity index (χ3n) is 6.71. The van der Waals surface area contributed by atoms with Crippen LogP contribution in [0.25, 0.3) is 0 Å². The van der Waals surface area contributed by atoms with Crippen molar-refractivity contribution in [1.82, 2.24) is 15.1 Å². The van der Waals surface area contributed by atoms with Gasteiger partial charge >= 0.3 is 6.03 Å². The first kappa shape index (κ1) is 23.0. The van der Waals surface area contributed by atoms with E-state index in [2.05, 4.69) is 23.5 Å². The number of hydrogen-bond donors (Lipinski definition) is 1. The van der Waals surface area contributed by atoms with E-state index < -0.39 is 0 Å². The highest BCUT2D eigenvalue weighted by molar-refractivity contribution is 5.97. The van der Waals surface area contributed by atoms with Crippen LogP contribution in [0.15, 0.2) is 36.4 Å². The molecule has 2 aromatic rings. The fourth-order valence-electron chi connectivity index (χ4n) is 4.64. The quantitative estimate of drug-likeness (QED) is 0.751. The number of rotatable bonds is 5. The Balaban J connectivity index is 1.33. The molecule has 1 N–H and O–H groups in total. The van der Waals surface area contributed by atoms with Crippen LogP contribution in [0.2, 0.25) is 0 Å². The molecule has 1 fully saturated rings. The zero-order valence-electron chi connectivity index (χ0n) is 19.7. The van der Waals surface area contributed by atoms with Crippen molar-refractivity contribution < 1.29 is 19.1 Å². The smallest absolute Gasteiger partial charge is 0.317 e. The van der Waals surface area contributed by atoms with Crippen LogP contribution in [-0.4, -0.2) is 62.1 Å². The Hall–Kier alpha value is -3.22. The van der Waals surface area contributed by atoms with E-state index in [9.17, 15) is 9.59 Å². The summed E-state index contributed by atoms with van der Waals surface area (Å²) < 4.78 is 10.6. The lowest BCUT2D eigenvalue weighted by Gasteiger charge is -2.35. The number of methoxy groups -OCH3 is 2. The van der Waals surface area contributed by atoms with Gasteiger partial charge in [-0.2, -0.15) is 0 Å². The molecule has 2 aromatic carbocycles. The van der Waals surface area contributed by atoms with E-state index in [0.29, 0.717) is 43.2 Å². The minimum Gasteiger partial charge on any atom is -0.497 e. The van der Waals surface area contributed by atoms with Crippen LogP contribution in [0.4, 0.5) is 4.79 Å². The highest BCUT2D eigenvalue weighted by Gasteiger charge is 2.27. The van der Waals surface area contributed by atoms with E-state index in [1.807, 2.05) is 6.92 Å². The van der Waals surface area contributed by atoms with Gasteiger partial charge in [0.25, 0.3) is 5.91 Å². The molecule has 33 heavy (non-hydrogen) atoms. The number of benzene rings is 2. The van der Waals surface area contributed by atoms with E-state index >= 15 is 0 Å². The van der Waals surface area contributed by atoms with Crippen molar-refractivity contribution >= 4 is 11.9 Å². The molecular formula is C26H33N3O4. The van der Waals surface area contributed by atoms with Crippen LogP contribution < -0.4 is 14.8 Å². The number of carbonyl (C=O) groups is 2. The van der Waals surface area contributed by atoms with E-state index in [4.69, 9.17) is 9.47 Å². The molecule has 0 aromatic heterocycles. The van der Waals surface area contributed by atoms with Crippen LogP contribution in [0.1, 0.15) is 52.9 Å². The molecule has 1 aliphatic heterocycles. The lowest BCUT2D eigenvalue weighted by molar-refractivity contribution is 0.0660. The number of piperazine rings is 1. The number of aryl methyl sites for hydroxylation is 2. The standard InChI is InChI=1S/C26H33N3O4/c1-18(20-9-8-19-6-4-5-7-21(19)16-20)27-26(31)29-14-12-28(13-15-29)25(30)23-11-10-22(32-2)17-24(23)33-3/h8-11,16-18H,4-7,12-15H2,1-3H3,(H,27,31). The predicted molar refractivity (Wildman–Crippen MR) is 127 cm³/mol. The normalized spacial score (nSPS) is 16.6. The van der Waals surface area contributed by atoms with Gasteiger partial charge < -0.3 is 24.6 Å². The minimum absolute atomic E-state index is 0.0621. The van der Waals surface area contributed by atoms with Gasteiger partial charge in [0, 0.05) is 32.2 Å². The summed E-state index contributed by atoms with van der Waals surface area (Å²) >= 11 is 0. The summed E-state index contributed by atoms with van der Waals surface area (Å²) in [6.07, 6.45) is 4.78. The lowest BCUT2D eigenvalue weighted by Crippen LogP contribution is -2.53.